The molecule has 11 heteroatoms. The number of nitrogens with zero attached hydrogens (tertiary/aromatic N) is 3. The van der Waals surface area contributed by atoms with Gasteiger partial charge in [0.15, 0.2) is 22.5 Å². The van der Waals surface area contributed by atoms with Crippen LogP contribution in [0.4, 0.5) is 5.69 Å². The number of nitrogens with one attached hydrogen (secondary N) is 1. The molecule has 3 rings (SSSR count). The second-order valence-corrected chi connectivity index (χ2v) is 8.11. The van der Waals surface area contributed by atoms with E-state index >= 15 is 0 Å². The average Bonchev–Trinajstić information content (AvgIpc) is 3.24. The van der Waals surface area contributed by atoms with Crippen LogP contribution in [-0.2, 0) is 22.7 Å². The SMILES string of the molecule is C=CCn1c(COc2ccccc2OC)nnc1SCC(=O)Nc1cc(C(=O)OC)ccc1Cl. The summed E-state index contributed by atoms with van der Waals surface area (Å²) in [5, 5.41) is 11.9. The highest BCUT2D eigenvalue weighted by molar-refractivity contribution is 7.99. The molecule has 9 nitrogen and oxygen atoms in total. The summed E-state index contributed by atoms with van der Waals surface area (Å²) in [6.45, 7) is 4.37. The largest absolute Gasteiger partial charge is 0.493 e. The number of benzene rings is 2. The maximum absolute atomic E-state index is 12.5. The van der Waals surface area contributed by atoms with Gasteiger partial charge in [0.25, 0.3) is 0 Å². The van der Waals surface area contributed by atoms with Gasteiger partial charge < -0.3 is 19.5 Å². The molecule has 0 aliphatic rings. The van der Waals surface area contributed by atoms with E-state index in [0.29, 0.717) is 39.7 Å². The van der Waals surface area contributed by atoms with Crippen LogP contribution in [0.15, 0.2) is 60.3 Å². The van der Waals surface area contributed by atoms with Gasteiger partial charge in [-0.2, -0.15) is 0 Å². The molecule has 0 atom stereocenters. The maximum atomic E-state index is 12.5. The summed E-state index contributed by atoms with van der Waals surface area (Å²) in [5.74, 6) is 0.955. The van der Waals surface area contributed by atoms with E-state index in [4.69, 9.17) is 25.8 Å². The lowest BCUT2D eigenvalue weighted by Gasteiger charge is -2.11. The number of esters is 1. The Labute approximate surface area is 206 Å². The number of methoxy groups -OCH3 is 2. The predicted octanol–water partition coefficient (Wildman–Crippen LogP) is 4.22. The number of hydrogen-bond donors (Lipinski definition) is 1. The lowest BCUT2D eigenvalue weighted by molar-refractivity contribution is -0.113. The standard InChI is InChI=1S/C23H23ClN4O5S/c1-4-11-28-20(13-33-19-8-6-5-7-18(19)31-2)26-27-23(28)34-14-21(29)25-17-12-15(22(30)32-3)9-10-16(17)24/h4-10,12H,1,11,13-14H2,2-3H3,(H,25,29). The molecule has 1 amide bonds. The number of carbonyl (C=O) groups is 2. The van der Waals surface area contributed by atoms with Crippen molar-refractivity contribution in [2.75, 3.05) is 25.3 Å². The van der Waals surface area contributed by atoms with Crippen molar-refractivity contribution >= 4 is 40.9 Å². The molecule has 0 unspecified atom stereocenters. The van der Waals surface area contributed by atoms with Crippen LogP contribution in [0.1, 0.15) is 16.2 Å². The third-order valence-corrected chi connectivity index (χ3v) is 5.82. The molecular weight excluding hydrogens is 480 g/mol. The third-order valence-electron chi connectivity index (χ3n) is 4.52. The zero-order chi connectivity index (χ0) is 24.5. The Morgan fingerprint density at radius 3 is 2.65 bits per heavy atom. The lowest BCUT2D eigenvalue weighted by atomic mass is 10.2. The molecule has 0 spiro atoms. The first-order chi connectivity index (χ1) is 16.5. The Kier molecular flexibility index (Phi) is 8.94. The highest BCUT2D eigenvalue weighted by atomic mass is 35.5. The molecule has 2 aromatic carbocycles. The van der Waals surface area contributed by atoms with E-state index in [1.807, 2.05) is 16.7 Å². The fraction of sp³-hybridized carbons (Fsp3) is 0.217. The van der Waals surface area contributed by atoms with Crippen molar-refractivity contribution in [2.45, 2.75) is 18.3 Å². The van der Waals surface area contributed by atoms with Crippen molar-refractivity contribution in [3.05, 3.63) is 71.5 Å². The summed E-state index contributed by atoms with van der Waals surface area (Å²) in [6, 6.07) is 11.8. The topological polar surface area (TPSA) is 105 Å². The number of aromatic nitrogens is 3. The van der Waals surface area contributed by atoms with Crippen molar-refractivity contribution in [3.63, 3.8) is 0 Å². The molecule has 0 saturated heterocycles. The molecule has 3 aromatic rings. The minimum atomic E-state index is -0.526. The van der Waals surface area contributed by atoms with Gasteiger partial charge in [-0.05, 0) is 30.3 Å². The minimum absolute atomic E-state index is 0.0431. The molecule has 0 saturated carbocycles. The van der Waals surface area contributed by atoms with Crippen LogP contribution >= 0.6 is 23.4 Å². The first-order valence-electron chi connectivity index (χ1n) is 10.1. The van der Waals surface area contributed by atoms with Gasteiger partial charge in [-0.15, -0.1) is 16.8 Å². The van der Waals surface area contributed by atoms with E-state index in [0.717, 1.165) is 0 Å². The molecule has 0 aliphatic heterocycles. The lowest BCUT2D eigenvalue weighted by Crippen LogP contribution is -2.16. The van der Waals surface area contributed by atoms with E-state index in [1.54, 1.807) is 25.3 Å². The van der Waals surface area contributed by atoms with Gasteiger partial charge in [-0.1, -0.05) is 41.6 Å². The van der Waals surface area contributed by atoms with E-state index in [-0.39, 0.29) is 23.8 Å². The Hall–Kier alpha value is -3.50. The van der Waals surface area contributed by atoms with E-state index in [1.165, 1.54) is 37.1 Å². The number of hydrogen-bond acceptors (Lipinski definition) is 8. The first kappa shape index (κ1) is 25.1. The Balaban J connectivity index is 1.65. The summed E-state index contributed by atoms with van der Waals surface area (Å²) in [7, 11) is 2.85. The van der Waals surface area contributed by atoms with Crippen LogP contribution in [0.5, 0.6) is 11.5 Å². The van der Waals surface area contributed by atoms with E-state index in [2.05, 4.69) is 22.1 Å². The average molecular weight is 503 g/mol. The third kappa shape index (κ3) is 6.30. The molecule has 0 radical (unpaired) electrons. The summed E-state index contributed by atoms with van der Waals surface area (Å²) in [5.41, 5.74) is 0.592. The predicted molar refractivity (Wildman–Crippen MR) is 130 cm³/mol. The molecule has 1 N–H and O–H groups in total. The maximum Gasteiger partial charge on any atom is 0.337 e. The number of carbonyl (C=O) groups excluding carboxylic acids is 2. The van der Waals surface area contributed by atoms with Crippen molar-refractivity contribution < 1.29 is 23.8 Å². The molecule has 0 bridgehead atoms. The van der Waals surface area contributed by atoms with Gasteiger partial charge in [-0.3, -0.25) is 9.36 Å². The zero-order valence-electron chi connectivity index (χ0n) is 18.6. The molecule has 0 aliphatic carbocycles. The highest BCUT2D eigenvalue weighted by Gasteiger charge is 2.16. The Morgan fingerprint density at radius 1 is 1.18 bits per heavy atom. The van der Waals surface area contributed by atoms with Crippen LogP contribution in [-0.4, -0.2) is 46.6 Å². The Bertz CT molecular complexity index is 1180. The van der Waals surface area contributed by atoms with Crippen molar-refractivity contribution in [2.24, 2.45) is 0 Å². The molecule has 178 valence electrons. The smallest absolute Gasteiger partial charge is 0.337 e. The van der Waals surface area contributed by atoms with Gasteiger partial charge in [0.05, 0.1) is 36.2 Å². The van der Waals surface area contributed by atoms with Crippen LogP contribution in [0.2, 0.25) is 5.02 Å². The van der Waals surface area contributed by atoms with Crippen LogP contribution in [0.3, 0.4) is 0 Å². The number of para-hydroxylation sites is 2. The zero-order valence-corrected chi connectivity index (χ0v) is 20.2. The van der Waals surface area contributed by atoms with Crippen molar-refractivity contribution in [3.8, 4) is 11.5 Å². The molecule has 1 aromatic heterocycles. The molecule has 1 heterocycles. The second kappa shape index (κ2) is 12.1. The second-order valence-electron chi connectivity index (χ2n) is 6.76. The van der Waals surface area contributed by atoms with Crippen LogP contribution < -0.4 is 14.8 Å². The number of rotatable bonds is 11. The number of ether oxygens (including phenoxy) is 3. The van der Waals surface area contributed by atoms with Gasteiger partial charge in [0.2, 0.25) is 5.91 Å². The summed E-state index contributed by atoms with van der Waals surface area (Å²) in [6.07, 6.45) is 1.71. The summed E-state index contributed by atoms with van der Waals surface area (Å²) >= 11 is 7.35. The number of halogens is 1. The Morgan fingerprint density at radius 2 is 1.94 bits per heavy atom. The quantitative estimate of drug-likeness (QED) is 0.236. The number of thioether (sulfide) groups is 1. The number of amides is 1. The van der Waals surface area contributed by atoms with Crippen LogP contribution in [0.25, 0.3) is 0 Å². The minimum Gasteiger partial charge on any atom is -0.493 e. The number of allylic oxidation sites excluding steroid dienone is 1. The van der Waals surface area contributed by atoms with Crippen molar-refractivity contribution in [1.82, 2.24) is 14.8 Å². The normalized spacial score (nSPS) is 10.4. The van der Waals surface area contributed by atoms with Gasteiger partial charge in [0.1, 0.15) is 6.61 Å². The first-order valence-corrected chi connectivity index (χ1v) is 11.4. The molecular formula is C23H23ClN4O5S. The van der Waals surface area contributed by atoms with Gasteiger partial charge in [0, 0.05) is 6.54 Å². The van der Waals surface area contributed by atoms with Gasteiger partial charge >= 0.3 is 5.97 Å². The number of anilines is 1. The van der Waals surface area contributed by atoms with Crippen LogP contribution in [0, 0.1) is 0 Å². The fourth-order valence-electron chi connectivity index (χ4n) is 2.91. The van der Waals surface area contributed by atoms with Gasteiger partial charge in [-0.25, -0.2) is 4.79 Å². The highest BCUT2D eigenvalue weighted by Crippen LogP contribution is 2.27. The van der Waals surface area contributed by atoms with E-state index in [9.17, 15) is 9.59 Å². The fourth-order valence-corrected chi connectivity index (χ4v) is 3.84. The monoisotopic (exact) mass is 502 g/mol. The molecule has 34 heavy (non-hydrogen) atoms. The van der Waals surface area contributed by atoms with E-state index < -0.39 is 5.97 Å². The summed E-state index contributed by atoms with van der Waals surface area (Å²) in [4.78, 5) is 24.3. The van der Waals surface area contributed by atoms with Crippen molar-refractivity contribution in [1.29, 1.82) is 0 Å². The molecule has 0 fully saturated rings. The summed E-state index contributed by atoms with van der Waals surface area (Å²) < 4.78 is 17.7.